The summed E-state index contributed by atoms with van der Waals surface area (Å²) in [6, 6.07) is 5.84. The fraction of sp³-hybridized carbons (Fsp3) is 0.200. The van der Waals surface area contributed by atoms with Gasteiger partial charge in [0.15, 0.2) is 0 Å². The lowest BCUT2D eigenvalue weighted by Gasteiger charge is -2.10. The summed E-state index contributed by atoms with van der Waals surface area (Å²) < 4.78 is 53.1. The van der Waals surface area contributed by atoms with Crippen LogP contribution in [-0.2, 0) is 4.79 Å². The molecule has 0 spiro atoms. The van der Waals surface area contributed by atoms with Gasteiger partial charge in [0.2, 0.25) is 17.5 Å². The minimum atomic E-state index is -1.74. The van der Waals surface area contributed by atoms with E-state index in [4.69, 9.17) is 0 Å². The lowest BCUT2D eigenvalue weighted by Crippen LogP contribution is -2.13. The Labute approximate surface area is 128 Å². The summed E-state index contributed by atoms with van der Waals surface area (Å²) in [5.41, 5.74) is -0.262. The van der Waals surface area contributed by atoms with Crippen molar-refractivity contribution in [2.75, 3.05) is 10.6 Å². The lowest BCUT2D eigenvalue weighted by molar-refractivity contribution is -0.117. The van der Waals surface area contributed by atoms with Crippen molar-refractivity contribution >= 4 is 23.0 Å². The molecule has 1 aromatic heterocycles. The van der Waals surface area contributed by atoms with E-state index in [0.717, 1.165) is 12.8 Å². The van der Waals surface area contributed by atoms with Gasteiger partial charge in [-0.2, -0.15) is 22.5 Å². The monoisotopic (exact) mass is 325 g/mol. The minimum Gasteiger partial charge on any atom is -0.350 e. The van der Waals surface area contributed by atoms with E-state index in [1.807, 2.05) is 0 Å². The van der Waals surface area contributed by atoms with Crippen molar-refractivity contribution in [3.8, 4) is 0 Å². The van der Waals surface area contributed by atoms with Crippen LogP contribution in [0.1, 0.15) is 12.8 Å². The molecule has 2 N–H and O–H groups in total. The van der Waals surface area contributed by atoms with E-state index in [-0.39, 0.29) is 17.5 Å². The molecule has 0 bridgehead atoms. The number of amides is 1. The normalized spacial score (nSPS) is 13.7. The highest BCUT2D eigenvalue weighted by Gasteiger charge is 2.29. The SMILES string of the molecule is O=C(Nc1ccc(Nc2c(F)c(F)nc(F)c2F)cc1)C1CC1. The molecular weight excluding hydrogens is 314 g/mol. The van der Waals surface area contributed by atoms with Crippen molar-refractivity contribution in [3.05, 3.63) is 47.8 Å². The smallest absolute Gasteiger partial charge is 0.253 e. The summed E-state index contributed by atoms with van der Waals surface area (Å²) in [6.45, 7) is 0. The van der Waals surface area contributed by atoms with E-state index in [0.29, 0.717) is 5.69 Å². The first kappa shape index (κ1) is 15.3. The Hall–Kier alpha value is -2.64. The molecule has 0 aliphatic heterocycles. The zero-order chi connectivity index (χ0) is 16.6. The number of pyridine rings is 1. The van der Waals surface area contributed by atoms with Crippen LogP contribution in [0.5, 0.6) is 0 Å². The predicted molar refractivity (Wildman–Crippen MR) is 75.1 cm³/mol. The average Bonchev–Trinajstić information content (AvgIpc) is 3.36. The van der Waals surface area contributed by atoms with Gasteiger partial charge in [-0.1, -0.05) is 0 Å². The molecule has 0 unspecified atom stereocenters. The molecular formula is C15H11F4N3O. The zero-order valence-corrected chi connectivity index (χ0v) is 11.7. The van der Waals surface area contributed by atoms with Gasteiger partial charge in [-0.15, -0.1) is 0 Å². The van der Waals surface area contributed by atoms with Gasteiger partial charge in [0.1, 0.15) is 5.69 Å². The Bertz CT molecular complexity index is 734. The third-order valence-corrected chi connectivity index (χ3v) is 3.37. The van der Waals surface area contributed by atoms with Crippen molar-refractivity contribution < 1.29 is 22.4 Å². The number of hydrogen-bond acceptors (Lipinski definition) is 3. The first-order chi connectivity index (χ1) is 11.0. The maximum atomic E-state index is 13.5. The molecule has 1 aliphatic rings. The van der Waals surface area contributed by atoms with Crippen molar-refractivity contribution in [2.45, 2.75) is 12.8 Å². The quantitative estimate of drug-likeness (QED) is 0.665. The molecule has 0 radical (unpaired) electrons. The second-order valence-corrected chi connectivity index (χ2v) is 5.16. The summed E-state index contributed by atoms with van der Waals surface area (Å²) in [6.07, 6.45) is 1.73. The summed E-state index contributed by atoms with van der Waals surface area (Å²) in [4.78, 5) is 14.1. The third kappa shape index (κ3) is 3.25. The number of carbonyl (C=O) groups excluding carboxylic acids is 1. The maximum absolute atomic E-state index is 13.5. The maximum Gasteiger partial charge on any atom is 0.253 e. The van der Waals surface area contributed by atoms with E-state index in [9.17, 15) is 22.4 Å². The van der Waals surface area contributed by atoms with Crippen LogP contribution in [0.3, 0.4) is 0 Å². The number of anilines is 3. The van der Waals surface area contributed by atoms with Crippen LogP contribution >= 0.6 is 0 Å². The van der Waals surface area contributed by atoms with Gasteiger partial charge in [-0.3, -0.25) is 4.79 Å². The van der Waals surface area contributed by atoms with Crippen LogP contribution in [-0.4, -0.2) is 10.9 Å². The average molecular weight is 325 g/mol. The van der Waals surface area contributed by atoms with Gasteiger partial charge in [0.25, 0.3) is 11.9 Å². The molecule has 0 atom stereocenters. The van der Waals surface area contributed by atoms with Crippen LogP contribution in [0.25, 0.3) is 0 Å². The molecule has 2 aromatic rings. The summed E-state index contributed by atoms with van der Waals surface area (Å²) in [5, 5.41) is 4.95. The lowest BCUT2D eigenvalue weighted by atomic mass is 10.2. The Morgan fingerprint density at radius 1 is 0.957 bits per heavy atom. The van der Waals surface area contributed by atoms with Crippen LogP contribution in [0.15, 0.2) is 24.3 Å². The summed E-state index contributed by atoms with van der Waals surface area (Å²) in [7, 11) is 0. The number of carbonyl (C=O) groups is 1. The Morgan fingerprint density at radius 2 is 1.48 bits per heavy atom. The van der Waals surface area contributed by atoms with Gasteiger partial charge < -0.3 is 10.6 Å². The molecule has 1 fully saturated rings. The third-order valence-electron chi connectivity index (χ3n) is 3.37. The van der Waals surface area contributed by atoms with Gasteiger partial charge in [-0.25, -0.2) is 0 Å². The number of nitrogens with zero attached hydrogens (tertiary/aromatic N) is 1. The fourth-order valence-corrected chi connectivity index (χ4v) is 1.97. The Morgan fingerprint density at radius 3 is 2.00 bits per heavy atom. The molecule has 120 valence electrons. The molecule has 1 heterocycles. The van der Waals surface area contributed by atoms with Crippen LogP contribution in [0.4, 0.5) is 34.6 Å². The van der Waals surface area contributed by atoms with Gasteiger partial charge in [0, 0.05) is 17.3 Å². The highest BCUT2D eigenvalue weighted by Crippen LogP contribution is 2.31. The zero-order valence-electron chi connectivity index (χ0n) is 11.7. The first-order valence-electron chi connectivity index (χ1n) is 6.83. The molecule has 0 saturated heterocycles. The van der Waals surface area contributed by atoms with Crippen LogP contribution in [0, 0.1) is 29.4 Å². The van der Waals surface area contributed by atoms with Gasteiger partial charge >= 0.3 is 0 Å². The number of aromatic nitrogens is 1. The number of benzene rings is 1. The Balaban J connectivity index is 1.77. The van der Waals surface area contributed by atoms with E-state index in [1.54, 1.807) is 0 Å². The van der Waals surface area contributed by atoms with Crippen molar-refractivity contribution in [1.29, 1.82) is 0 Å². The molecule has 1 aliphatic carbocycles. The molecule has 1 saturated carbocycles. The second kappa shape index (κ2) is 5.86. The Kier molecular flexibility index (Phi) is 3.89. The molecule has 8 heteroatoms. The van der Waals surface area contributed by atoms with Crippen LogP contribution < -0.4 is 10.6 Å². The van der Waals surface area contributed by atoms with Crippen molar-refractivity contribution in [3.63, 3.8) is 0 Å². The molecule has 4 nitrogen and oxygen atoms in total. The second-order valence-electron chi connectivity index (χ2n) is 5.16. The standard InChI is InChI=1S/C15H11F4N3O/c16-10-12(11(17)14(19)22-13(10)18)20-8-3-5-9(6-4-8)21-15(23)7-1-2-7/h3-7H,1-2H2,(H,20,22)(H,21,23). The van der Waals surface area contributed by atoms with Crippen LogP contribution in [0.2, 0.25) is 0 Å². The van der Waals surface area contributed by atoms with E-state index in [1.165, 1.54) is 24.3 Å². The van der Waals surface area contributed by atoms with E-state index in [2.05, 4.69) is 15.6 Å². The highest BCUT2D eigenvalue weighted by atomic mass is 19.2. The number of halogens is 4. The number of hydrogen-bond donors (Lipinski definition) is 2. The summed E-state index contributed by atoms with van der Waals surface area (Å²) in [5.74, 6) is -6.75. The van der Waals surface area contributed by atoms with E-state index < -0.39 is 29.2 Å². The van der Waals surface area contributed by atoms with Crippen molar-refractivity contribution in [2.24, 2.45) is 5.92 Å². The topological polar surface area (TPSA) is 54.0 Å². The molecule has 3 rings (SSSR count). The first-order valence-corrected chi connectivity index (χ1v) is 6.83. The molecule has 23 heavy (non-hydrogen) atoms. The van der Waals surface area contributed by atoms with E-state index >= 15 is 0 Å². The fourth-order valence-electron chi connectivity index (χ4n) is 1.97. The largest absolute Gasteiger partial charge is 0.350 e. The minimum absolute atomic E-state index is 0.0405. The number of rotatable bonds is 4. The molecule has 1 aromatic carbocycles. The number of nitrogens with one attached hydrogen (secondary N) is 2. The van der Waals surface area contributed by atoms with Gasteiger partial charge in [0.05, 0.1) is 0 Å². The van der Waals surface area contributed by atoms with Crippen molar-refractivity contribution in [1.82, 2.24) is 4.98 Å². The van der Waals surface area contributed by atoms with Gasteiger partial charge in [-0.05, 0) is 37.1 Å². The molecule has 1 amide bonds. The highest BCUT2D eigenvalue weighted by molar-refractivity contribution is 5.94. The predicted octanol–water partition coefficient (Wildman–Crippen LogP) is 3.73. The summed E-state index contributed by atoms with van der Waals surface area (Å²) >= 11 is 0.